The van der Waals surface area contributed by atoms with Gasteiger partial charge in [-0.2, -0.15) is 0 Å². The quantitative estimate of drug-likeness (QED) is 0.732. The molecule has 0 N–H and O–H groups in total. The molecule has 0 amide bonds. The maximum absolute atomic E-state index is 11.0. The summed E-state index contributed by atoms with van der Waals surface area (Å²) in [5.74, 6) is 0. The largest absolute Gasteiger partial charge is 0.298 e. The fourth-order valence-corrected chi connectivity index (χ4v) is 2.73. The van der Waals surface area contributed by atoms with Crippen LogP contribution in [0.25, 0.3) is 0 Å². The number of aldehydes is 1. The van der Waals surface area contributed by atoms with Gasteiger partial charge in [-0.15, -0.1) is 0 Å². The van der Waals surface area contributed by atoms with Crippen molar-refractivity contribution in [3.8, 4) is 0 Å². The second kappa shape index (κ2) is 5.71. The second-order valence-electron chi connectivity index (χ2n) is 3.36. The van der Waals surface area contributed by atoms with E-state index in [4.69, 9.17) is 11.6 Å². The van der Waals surface area contributed by atoms with Gasteiger partial charge in [0.05, 0.1) is 0 Å². The van der Waals surface area contributed by atoms with E-state index in [-0.39, 0.29) is 0 Å². The molecule has 0 bridgehead atoms. The average Bonchev–Trinajstić information content (AvgIpc) is 2.34. The smallest absolute Gasteiger partial charge is 0.151 e. The number of hydrogen-bond acceptors (Lipinski definition) is 2. The molecular weight excluding hydrogens is 320 g/mol. The van der Waals surface area contributed by atoms with E-state index in [1.54, 1.807) is 11.8 Å². The molecule has 0 aliphatic heterocycles. The molecule has 2 aromatic carbocycles. The van der Waals surface area contributed by atoms with Gasteiger partial charge >= 0.3 is 0 Å². The fraction of sp³-hybridized carbons (Fsp3) is 0. The fourth-order valence-electron chi connectivity index (χ4n) is 1.33. The molecule has 0 aromatic heterocycles. The molecule has 4 heteroatoms. The summed E-state index contributed by atoms with van der Waals surface area (Å²) >= 11 is 10.7. The molecule has 0 aliphatic rings. The summed E-state index contributed by atoms with van der Waals surface area (Å²) in [5, 5.41) is 0.709. The van der Waals surface area contributed by atoms with Crippen LogP contribution in [0.1, 0.15) is 10.4 Å². The highest BCUT2D eigenvalue weighted by atomic mass is 79.9. The van der Waals surface area contributed by atoms with Crippen LogP contribution in [-0.2, 0) is 0 Å². The molecule has 0 unspecified atom stereocenters. The van der Waals surface area contributed by atoms with E-state index in [1.807, 2.05) is 42.5 Å². The van der Waals surface area contributed by atoms with Crippen LogP contribution in [0, 0.1) is 0 Å². The summed E-state index contributed by atoms with van der Waals surface area (Å²) < 4.78 is 0.903. The first-order chi connectivity index (χ1) is 8.19. The Morgan fingerprint density at radius 3 is 2.47 bits per heavy atom. The van der Waals surface area contributed by atoms with Crippen LogP contribution in [0.5, 0.6) is 0 Å². The Morgan fingerprint density at radius 1 is 1.12 bits per heavy atom. The Hall–Kier alpha value is -0.770. The van der Waals surface area contributed by atoms with Crippen molar-refractivity contribution in [1.29, 1.82) is 0 Å². The molecule has 2 aromatic rings. The van der Waals surface area contributed by atoms with Crippen molar-refractivity contribution in [3.05, 3.63) is 57.5 Å². The Morgan fingerprint density at radius 2 is 1.82 bits per heavy atom. The first-order valence-corrected chi connectivity index (χ1v) is 6.86. The minimum atomic E-state index is 0.680. The van der Waals surface area contributed by atoms with Crippen molar-refractivity contribution in [1.82, 2.24) is 0 Å². The topological polar surface area (TPSA) is 17.1 Å². The molecule has 0 fully saturated rings. The molecule has 86 valence electrons. The van der Waals surface area contributed by atoms with Gasteiger partial charge in [-0.1, -0.05) is 39.3 Å². The SMILES string of the molecule is O=Cc1cc(Br)ccc1Sc1ccc(Cl)cc1. The summed E-state index contributed by atoms with van der Waals surface area (Å²) in [5.41, 5.74) is 0.680. The van der Waals surface area contributed by atoms with Crippen LogP contribution < -0.4 is 0 Å². The maximum Gasteiger partial charge on any atom is 0.151 e. The zero-order valence-electron chi connectivity index (χ0n) is 8.69. The molecule has 0 radical (unpaired) electrons. The predicted molar refractivity (Wildman–Crippen MR) is 75.1 cm³/mol. The molecule has 0 saturated heterocycles. The van der Waals surface area contributed by atoms with Crippen molar-refractivity contribution < 1.29 is 4.79 Å². The van der Waals surface area contributed by atoms with E-state index in [0.29, 0.717) is 10.6 Å². The average molecular weight is 328 g/mol. The van der Waals surface area contributed by atoms with Gasteiger partial charge in [-0.3, -0.25) is 4.79 Å². The van der Waals surface area contributed by atoms with Crippen LogP contribution in [0.2, 0.25) is 5.02 Å². The molecule has 0 spiro atoms. The van der Waals surface area contributed by atoms with E-state index in [9.17, 15) is 4.79 Å². The Bertz CT molecular complexity index is 540. The molecular formula is C13H8BrClOS. The van der Waals surface area contributed by atoms with E-state index in [0.717, 1.165) is 20.5 Å². The molecule has 17 heavy (non-hydrogen) atoms. The molecule has 0 heterocycles. The van der Waals surface area contributed by atoms with E-state index >= 15 is 0 Å². The van der Waals surface area contributed by atoms with Crippen LogP contribution >= 0.6 is 39.3 Å². The van der Waals surface area contributed by atoms with Crippen LogP contribution in [0.4, 0.5) is 0 Å². The highest BCUT2D eigenvalue weighted by Crippen LogP contribution is 2.31. The molecule has 0 aliphatic carbocycles. The predicted octanol–water partition coefficient (Wildman–Crippen LogP) is 5.07. The van der Waals surface area contributed by atoms with Gasteiger partial charge in [0.25, 0.3) is 0 Å². The third-order valence-corrected chi connectivity index (χ3v) is 3.99. The zero-order valence-corrected chi connectivity index (χ0v) is 11.8. The molecule has 0 atom stereocenters. The van der Waals surface area contributed by atoms with Gasteiger partial charge < -0.3 is 0 Å². The first kappa shape index (κ1) is 12.7. The minimum Gasteiger partial charge on any atom is -0.298 e. The summed E-state index contributed by atoms with van der Waals surface area (Å²) in [6, 6.07) is 13.2. The molecule has 2 rings (SSSR count). The summed E-state index contributed by atoms with van der Waals surface area (Å²) in [7, 11) is 0. The van der Waals surface area contributed by atoms with Crippen molar-refractivity contribution in [3.63, 3.8) is 0 Å². The van der Waals surface area contributed by atoms with Crippen molar-refractivity contribution >= 4 is 45.6 Å². The van der Waals surface area contributed by atoms with Crippen LogP contribution in [0.15, 0.2) is 56.7 Å². The van der Waals surface area contributed by atoms with E-state index < -0.39 is 0 Å². The van der Waals surface area contributed by atoms with Crippen LogP contribution in [0.3, 0.4) is 0 Å². The number of halogens is 2. The third kappa shape index (κ3) is 3.35. The van der Waals surface area contributed by atoms with Gasteiger partial charge in [0.2, 0.25) is 0 Å². The van der Waals surface area contributed by atoms with Gasteiger partial charge in [0, 0.05) is 24.8 Å². The highest BCUT2D eigenvalue weighted by molar-refractivity contribution is 9.10. The monoisotopic (exact) mass is 326 g/mol. The lowest BCUT2D eigenvalue weighted by Gasteiger charge is -2.05. The minimum absolute atomic E-state index is 0.680. The number of carbonyl (C=O) groups excluding carboxylic acids is 1. The number of carbonyl (C=O) groups is 1. The highest BCUT2D eigenvalue weighted by Gasteiger charge is 2.04. The van der Waals surface area contributed by atoms with E-state index in [1.165, 1.54) is 0 Å². The Kier molecular flexibility index (Phi) is 4.26. The first-order valence-electron chi connectivity index (χ1n) is 4.87. The standard InChI is InChI=1S/C13H8BrClOS/c14-10-1-6-13(9(7-10)8-16)17-12-4-2-11(15)3-5-12/h1-8H. The Balaban J connectivity index is 2.29. The zero-order chi connectivity index (χ0) is 12.3. The summed E-state index contributed by atoms with van der Waals surface area (Å²) in [6.07, 6.45) is 0.864. The third-order valence-electron chi connectivity index (χ3n) is 2.14. The summed E-state index contributed by atoms with van der Waals surface area (Å²) in [6.45, 7) is 0. The normalized spacial score (nSPS) is 10.2. The van der Waals surface area contributed by atoms with Gasteiger partial charge in [-0.25, -0.2) is 0 Å². The number of benzene rings is 2. The van der Waals surface area contributed by atoms with Crippen molar-refractivity contribution in [2.45, 2.75) is 9.79 Å². The number of rotatable bonds is 3. The number of hydrogen-bond donors (Lipinski definition) is 0. The lowest BCUT2D eigenvalue weighted by molar-refractivity contribution is 0.112. The lowest BCUT2D eigenvalue weighted by Crippen LogP contribution is -1.85. The van der Waals surface area contributed by atoms with Crippen molar-refractivity contribution in [2.24, 2.45) is 0 Å². The van der Waals surface area contributed by atoms with Crippen molar-refractivity contribution in [2.75, 3.05) is 0 Å². The molecule has 1 nitrogen and oxygen atoms in total. The molecule has 0 saturated carbocycles. The van der Waals surface area contributed by atoms with Crippen LogP contribution in [-0.4, -0.2) is 6.29 Å². The van der Waals surface area contributed by atoms with Gasteiger partial charge in [-0.05, 0) is 42.5 Å². The van der Waals surface area contributed by atoms with Gasteiger partial charge in [0.1, 0.15) is 0 Å². The summed E-state index contributed by atoms with van der Waals surface area (Å²) in [4.78, 5) is 13.0. The Labute approximate surface area is 117 Å². The van der Waals surface area contributed by atoms with E-state index in [2.05, 4.69) is 15.9 Å². The second-order valence-corrected chi connectivity index (χ2v) is 5.82. The lowest BCUT2D eigenvalue weighted by atomic mass is 10.2. The maximum atomic E-state index is 11.0. The van der Waals surface area contributed by atoms with Gasteiger partial charge in [0.15, 0.2) is 6.29 Å².